The molecule has 0 atom stereocenters. The van der Waals surface area contributed by atoms with E-state index in [1.165, 1.54) is 0 Å². The maximum Gasteiger partial charge on any atom is 0.315 e. The lowest BCUT2D eigenvalue weighted by molar-refractivity contribution is -0.137. The fourth-order valence-electron chi connectivity index (χ4n) is 1.58. The summed E-state index contributed by atoms with van der Waals surface area (Å²) in [4.78, 5) is 28.5. The summed E-state index contributed by atoms with van der Waals surface area (Å²) in [5, 5.41) is 13.9. The average Bonchev–Trinajstić information content (AvgIpc) is 2.88. The maximum atomic E-state index is 11.4. The molecule has 7 nitrogen and oxygen atoms in total. The molecule has 0 bridgehead atoms. The first kappa shape index (κ1) is 15.0. The molecule has 0 spiro atoms. The lowest BCUT2D eigenvalue weighted by atomic mass is 10.1. The van der Waals surface area contributed by atoms with E-state index in [2.05, 4.69) is 20.6 Å². The number of urea groups is 1. The van der Waals surface area contributed by atoms with E-state index < -0.39 is 5.97 Å². The van der Waals surface area contributed by atoms with Gasteiger partial charge in [0.25, 0.3) is 0 Å². The van der Waals surface area contributed by atoms with Crippen LogP contribution in [-0.2, 0) is 11.3 Å². The Kier molecular flexibility index (Phi) is 7.08. The van der Waals surface area contributed by atoms with Gasteiger partial charge in [-0.3, -0.25) is 4.79 Å². The van der Waals surface area contributed by atoms with Crippen LogP contribution in [0.3, 0.4) is 0 Å². The Bertz CT molecular complexity index is 378. The highest BCUT2D eigenvalue weighted by Gasteiger charge is 2.01. The number of aromatic nitrogens is 2. The van der Waals surface area contributed by atoms with Crippen LogP contribution in [0.25, 0.3) is 0 Å². The average molecular weight is 268 g/mol. The summed E-state index contributed by atoms with van der Waals surface area (Å²) in [6.07, 6.45) is 6.90. The molecule has 0 unspecified atom stereocenters. The number of hydrogen-bond donors (Lipinski definition) is 4. The number of hydrogen-bond acceptors (Lipinski definition) is 3. The lowest BCUT2D eigenvalue weighted by Gasteiger charge is -2.06. The highest BCUT2D eigenvalue weighted by Crippen LogP contribution is 2.01. The molecular weight excluding hydrogens is 248 g/mol. The zero-order chi connectivity index (χ0) is 13.9. The molecule has 4 N–H and O–H groups in total. The van der Waals surface area contributed by atoms with Crippen molar-refractivity contribution in [1.29, 1.82) is 0 Å². The van der Waals surface area contributed by atoms with E-state index in [-0.39, 0.29) is 12.5 Å². The van der Waals surface area contributed by atoms with Crippen LogP contribution in [0.1, 0.15) is 37.9 Å². The summed E-state index contributed by atoms with van der Waals surface area (Å²) in [6, 6.07) is -0.220. The maximum absolute atomic E-state index is 11.4. The van der Waals surface area contributed by atoms with Crippen molar-refractivity contribution in [3.8, 4) is 0 Å². The van der Waals surface area contributed by atoms with Crippen molar-refractivity contribution in [2.75, 3.05) is 6.54 Å². The van der Waals surface area contributed by atoms with Gasteiger partial charge in [0.15, 0.2) is 0 Å². The van der Waals surface area contributed by atoms with Gasteiger partial charge in [0.2, 0.25) is 0 Å². The van der Waals surface area contributed by atoms with E-state index in [1.807, 2.05) is 0 Å². The van der Waals surface area contributed by atoms with Gasteiger partial charge < -0.3 is 20.7 Å². The van der Waals surface area contributed by atoms with Gasteiger partial charge in [0, 0.05) is 25.4 Å². The van der Waals surface area contributed by atoms with Gasteiger partial charge in [-0.2, -0.15) is 0 Å². The molecule has 0 fully saturated rings. The van der Waals surface area contributed by atoms with Crippen LogP contribution in [-0.4, -0.2) is 33.6 Å². The first-order valence-corrected chi connectivity index (χ1v) is 6.40. The minimum absolute atomic E-state index is 0.219. The molecule has 1 heterocycles. The molecule has 0 aliphatic rings. The summed E-state index contributed by atoms with van der Waals surface area (Å²) in [5.41, 5.74) is 0. The summed E-state index contributed by atoms with van der Waals surface area (Å²) < 4.78 is 0. The van der Waals surface area contributed by atoms with Gasteiger partial charge in [-0.05, 0) is 12.8 Å². The van der Waals surface area contributed by atoms with E-state index in [9.17, 15) is 9.59 Å². The second-order valence-electron chi connectivity index (χ2n) is 4.20. The summed E-state index contributed by atoms with van der Waals surface area (Å²) in [5.74, 6) is -0.0424. The number of nitrogens with zero attached hydrogens (tertiary/aromatic N) is 1. The fourth-order valence-corrected chi connectivity index (χ4v) is 1.58. The number of carbonyl (C=O) groups is 2. The predicted octanol–water partition coefficient (Wildman–Crippen LogP) is 1.24. The third-order valence-electron chi connectivity index (χ3n) is 2.57. The Labute approximate surface area is 111 Å². The largest absolute Gasteiger partial charge is 0.481 e. The Balaban J connectivity index is 1.91. The second kappa shape index (κ2) is 8.96. The van der Waals surface area contributed by atoms with Gasteiger partial charge >= 0.3 is 12.0 Å². The number of carbonyl (C=O) groups excluding carboxylic acids is 1. The summed E-state index contributed by atoms with van der Waals surface area (Å²) in [6.45, 7) is 0.967. The molecule has 0 aliphatic heterocycles. The van der Waals surface area contributed by atoms with Crippen LogP contribution < -0.4 is 10.6 Å². The molecule has 7 heteroatoms. The third kappa shape index (κ3) is 7.80. The van der Waals surface area contributed by atoms with Crippen molar-refractivity contribution in [2.24, 2.45) is 0 Å². The number of aromatic amines is 1. The Morgan fingerprint density at radius 3 is 2.68 bits per heavy atom. The van der Waals surface area contributed by atoms with Gasteiger partial charge in [-0.1, -0.05) is 12.8 Å². The molecule has 1 aromatic rings. The number of carboxylic acids is 1. The number of carboxylic acid groups (broad SMARTS) is 1. The Morgan fingerprint density at radius 1 is 1.21 bits per heavy atom. The summed E-state index contributed by atoms with van der Waals surface area (Å²) >= 11 is 0. The molecule has 106 valence electrons. The number of aliphatic carboxylic acids is 1. The smallest absolute Gasteiger partial charge is 0.315 e. The van der Waals surface area contributed by atoms with E-state index in [0.29, 0.717) is 25.3 Å². The number of rotatable bonds is 9. The molecule has 0 saturated heterocycles. The number of unbranched alkanes of at least 4 members (excludes halogenated alkanes) is 3. The van der Waals surface area contributed by atoms with Gasteiger partial charge in [0.1, 0.15) is 5.82 Å². The van der Waals surface area contributed by atoms with E-state index in [4.69, 9.17) is 5.11 Å². The molecule has 19 heavy (non-hydrogen) atoms. The monoisotopic (exact) mass is 268 g/mol. The van der Waals surface area contributed by atoms with Crippen molar-refractivity contribution >= 4 is 12.0 Å². The highest BCUT2D eigenvalue weighted by molar-refractivity contribution is 5.73. The van der Waals surface area contributed by atoms with E-state index >= 15 is 0 Å². The SMILES string of the molecule is O=C(O)CCCCCCNC(=O)NCc1ncc[nH]1. The normalized spacial score (nSPS) is 10.1. The zero-order valence-electron chi connectivity index (χ0n) is 10.8. The van der Waals surface area contributed by atoms with Crippen molar-refractivity contribution in [1.82, 2.24) is 20.6 Å². The molecule has 0 saturated carbocycles. The van der Waals surface area contributed by atoms with Crippen LogP contribution in [0.4, 0.5) is 4.79 Å². The van der Waals surface area contributed by atoms with E-state index in [1.54, 1.807) is 12.4 Å². The van der Waals surface area contributed by atoms with Gasteiger partial charge in [-0.15, -0.1) is 0 Å². The van der Waals surface area contributed by atoms with Crippen molar-refractivity contribution in [3.05, 3.63) is 18.2 Å². The standard InChI is InChI=1S/C12H20N4O3/c17-11(18)5-3-1-2-4-6-15-12(19)16-9-10-13-7-8-14-10/h7-8H,1-6,9H2,(H,13,14)(H,17,18)(H2,15,16,19). The first-order valence-electron chi connectivity index (χ1n) is 6.40. The first-order chi connectivity index (χ1) is 9.18. The predicted molar refractivity (Wildman–Crippen MR) is 69.5 cm³/mol. The Hall–Kier alpha value is -2.05. The van der Waals surface area contributed by atoms with Gasteiger partial charge in [-0.25, -0.2) is 9.78 Å². The van der Waals surface area contributed by atoms with E-state index in [0.717, 1.165) is 19.3 Å². The van der Waals surface area contributed by atoms with Crippen LogP contribution >= 0.6 is 0 Å². The van der Waals surface area contributed by atoms with Crippen molar-refractivity contribution in [3.63, 3.8) is 0 Å². The zero-order valence-corrected chi connectivity index (χ0v) is 10.8. The highest BCUT2D eigenvalue weighted by atomic mass is 16.4. The van der Waals surface area contributed by atoms with Gasteiger partial charge in [0.05, 0.1) is 6.54 Å². The molecule has 1 rings (SSSR count). The summed E-state index contributed by atoms with van der Waals surface area (Å²) in [7, 11) is 0. The number of imidazole rings is 1. The van der Waals surface area contributed by atoms with Crippen molar-refractivity contribution in [2.45, 2.75) is 38.6 Å². The topological polar surface area (TPSA) is 107 Å². The molecular formula is C12H20N4O3. The van der Waals surface area contributed by atoms with Crippen LogP contribution in [0, 0.1) is 0 Å². The number of amides is 2. The second-order valence-corrected chi connectivity index (χ2v) is 4.20. The van der Waals surface area contributed by atoms with Crippen LogP contribution in [0.15, 0.2) is 12.4 Å². The lowest BCUT2D eigenvalue weighted by Crippen LogP contribution is -2.35. The van der Waals surface area contributed by atoms with Crippen LogP contribution in [0.2, 0.25) is 0 Å². The number of nitrogens with one attached hydrogen (secondary N) is 3. The quantitative estimate of drug-likeness (QED) is 0.505. The van der Waals surface area contributed by atoms with Crippen LogP contribution in [0.5, 0.6) is 0 Å². The molecule has 2 amide bonds. The molecule has 0 aromatic carbocycles. The molecule has 0 aliphatic carbocycles. The number of H-pyrrole nitrogens is 1. The minimum Gasteiger partial charge on any atom is -0.481 e. The molecule has 0 radical (unpaired) electrons. The van der Waals surface area contributed by atoms with Crippen molar-refractivity contribution < 1.29 is 14.7 Å². The fraction of sp³-hybridized carbons (Fsp3) is 0.583. The Morgan fingerprint density at radius 2 is 2.00 bits per heavy atom. The third-order valence-corrected chi connectivity index (χ3v) is 2.57. The molecule has 1 aromatic heterocycles. The minimum atomic E-state index is -0.754.